The number of furan rings is 1. The Labute approximate surface area is 198 Å². The minimum absolute atomic E-state index is 0.192. The normalized spacial score (nSPS) is 18.1. The average molecular weight is 509 g/mol. The zero-order valence-corrected chi connectivity index (χ0v) is 19.2. The number of pyridine rings is 2. The maximum Gasteiger partial charge on any atom is 0.170 e. The van der Waals surface area contributed by atoms with E-state index in [4.69, 9.17) is 16.6 Å². The van der Waals surface area contributed by atoms with E-state index in [0.29, 0.717) is 21.9 Å². The van der Waals surface area contributed by atoms with Gasteiger partial charge < -0.3 is 14.6 Å². The van der Waals surface area contributed by atoms with Gasteiger partial charge in [0.15, 0.2) is 5.11 Å². The van der Waals surface area contributed by atoms with Crippen molar-refractivity contribution in [2.45, 2.75) is 18.6 Å². The van der Waals surface area contributed by atoms with Crippen LogP contribution >= 0.6 is 28.1 Å². The predicted molar refractivity (Wildman–Crippen MR) is 127 cm³/mol. The Kier molecular flexibility index (Phi) is 5.71. The second-order valence-electron chi connectivity index (χ2n) is 7.40. The van der Waals surface area contributed by atoms with Gasteiger partial charge in [-0.3, -0.25) is 9.97 Å². The molecule has 0 aliphatic carbocycles. The molecular weight excluding hydrogens is 491 g/mol. The molecular formula is C24H18BrFN4OS. The van der Waals surface area contributed by atoms with Gasteiger partial charge in [0.2, 0.25) is 0 Å². The number of hydrogen-bond donors (Lipinski definition) is 1. The zero-order chi connectivity index (χ0) is 22.1. The van der Waals surface area contributed by atoms with Crippen molar-refractivity contribution >= 4 is 33.3 Å². The van der Waals surface area contributed by atoms with E-state index >= 15 is 0 Å². The van der Waals surface area contributed by atoms with E-state index in [1.54, 1.807) is 18.5 Å². The third-order valence-corrected chi connectivity index (χ3v) is 6.38. The Morgan fingerprint density at radius 1 is 1.03 bits per heavy atom. The fourth-order valence-electron chi connectivity index (χ4n) is 3.90. The van der Waals surface area contributed by atoms with Crippen molar-refractivity contribution in [2.75, 3.05) is 0 Å². The van der Waals surface area contributed by atoms with Crippen LogP contribution in [0.5, 0.6) is 0 Å². The van der Waals surface area contributed by atoms with Gasteiger partial charge in [0.1, 0.15) is 23.4 Å². The molecule has 3 aromatic heterocycles. The molecule has 0 saturated carbocycles. The first-order valence-corrected chi connectivity index (χ1v) is 11.2. The first-order chi connectivity index (χ1) is 15.6. The molecule has 1 aliphatic heterocycles. The summed E-state index contributed by atoms with van der Waals surface area (Å²) in [4.78, 5) is 11.1. The topological polar surface area (TPSA) is 54.2 Å². The Hall–Kier alpha value is -3.10. The molecule has 1 fully saturated rings. The fraction of sp³-hybridized carbons (Fsp3) is 0.125. The first kappa shape index (κ1) is 20.8. The summed E-state index contributed by atoms with van der Waals surface area (Å²) in [5.74, 6) is 1.06. The van der Waals surface area contributed by atoms with Crippen LogP contribution in [0.2, 0.25) is 0 Å². The summed E-state index contributed by atoms with van der Waals surface area (Å²) in [5.41, 5.74) is 2.54. The van der Waals surface area contributed by atoms with Gasteiger partial charge in [0, 0.05) is 22.4 Å². The lowest BCUT2D eigenvalue weighted by atomic mass is 10.0. The van der Waals surface area contributed by atoms with E-state index in [9.17, 15) is 4.39 Å². The van der Waals surface area contributed by atoms with Crippen molar-refractivity contribution in [3.05, 3.63) is 107 Å². The van der Waals surface area contributed by atoms with Crippen molar-refractivity contribution in [3.63, 3.8) is 0 Å². The number of aromatic nitrogens is 2. The number of thiocarbonyl (C=S) groups is 1. The molecule has 2 atom stereocenters. The molecule has 5 nitrogen and oxygen atoms in total. The Morgan fingerprint density at radius 3 is 2.56 bits per heavy atom. The molecule has 8 heteroatoms. The van der Waals surface area contributed by atoms with Crippen LogP contribution in [0.25, 0.3) is 11.3 Å². The van der Waals surface area contributed by atoms with E-state index < -0.39 is 0 Å². The summed E-state index contributed by atoms with van der Waals surface area (Å²) in [6.45, 7) is 0.525. The number of halogens is 2. The molecule has 1 saturated heterocycles. The predicted octanol–water partition coefficient (Wildman–Crippen LogP) is 5.81. The van der Waals surface area contributed by atoms with Crippen LogP contribution in [0.3, 0.4) is 0 Å². The quantitative estimate of drug-likeness (QED) is 0.343. The molecule has 0 radical (unpaired) electrons. The molecule has 1 aromatic carbocycles. The number of nitrogens with zero attached hydrogens (tertiary/aromatic N) is 3. The molecule has 1 N–H and O–H groups in total. The highest BCUT2D eigenvalue weighted by molar-refractivity contribution is 9.10. The molecule has 0 amide bonds. The van der Waals surface area contributed by atoms with Crippen molar-refractivity contribution in [2.24, 2.45) is 0 Å². The van der Waals surface area contributed by atoms with E-state index in [1.165, 1.54) is 12.1 Å². The number of hydrogen-bond acceptors (Lipinski definition) is 4. The third-order valence-electron chi connectivity index (χ3n) is 5.37. The van der Waals surface area contributed by atoms with Crippen molar-refractivity contribution in [1.82, 2.24) is 20.2 Å². The Morgan fingerprint density at radius 2 is 1.84 bits per heavy atom. The molecule has 0 bridgehead atoms. The first-order valence-electron chi connectivity index (χ1n) is 10.0. The average Bonchev–Trinajstić information content (AvgIpc) is 3.40. The van der Waals surface area contributed by atoms with Crippen molar-refractivity contribution in [1.29, 1.82) is 0 Å². The van der Waals surface area contributed by atoms with E-state index in [0.717, 1.165) is 22.7 Å². The van der Waals surface area contributed by atoms with Gasteiger partial charge in [-0.1, -0.05) is 12.1 Å². The second-order valence-corrected chi connectivity index (χ2v) is 8.64. The maximum atomic E-state index is 13.6. The third kappa shape index (κ3) is 4.03. The number of rotatable bonds is 5. The number of benzene rings is 1. The minimum atomic E-state index is -0.311. The van der Waals surface area contributed by atoms with Gasteiger partial charge in [-0.25, -0.2) is 4.39 Å². The SMILES string of the molecule is Fc1ccc(-c2ccc([C@H]3[C@H](c4ccccn4)NC(=S)N3Cc3ccccn3)o2)c(Br)c1. The lowest BCUT2D eigenvalue weighted by Gasteiger charge is -2.25. The Balaban J connectivity index is 1.55. The standard InChI is InChI=1S/C24H18BrFN4OS/c25-18-13-15(26)7-8-17(18)20-9-10-21(31-20)23-22(19-6-2-4-12-28-19)29-24(32)30(23)14-16-5-1-3-11-27-16/h1-13,22-23H,14H2,(H,29,32)/t22-,23-/m0/s1. The summed E-state index contributed by atoms with van der Waals surface area (Å²) in [5, 5.41) is 4.01. The summed E-state index contributed by atoms with van der Waals surface area (Å²) < 4.78 is 20.5. The van der Waals surface area contributed by atoms with E-state index in [2.05, 4.69) is 36.1 Å². The molecule has 32 heavy (non-hydrogen) atoms. The van der Waals surface area contributed by atoms with Gasteiger partial charge in [-0.15, -0.1) is 0 Å². The molecule has 0 spiro atoms. The molecule has 5 rings (SSSR count). The van der Waals surface area contributed by atoms with Crippen LogP contribution in [0.1, 0.15) is 29.2 Å². The molecule has 1 aliphatic rings. The van der Waals surface area contributed by atoms with Gasteiger partial charge in [0.25, 0.3) is 0 Å². The van der Waals surface area contributed by atoms with Crippen LogP contribution in [-0.2, 0) is 6.54 Å². The number of nitrogens with one attached hydrogen (secondary N) is 1. The lowest BCUT2D eigenvalue weighted by Crippen LogP contribution is -2.29. The largest absolute Gasteiger partial charge is 0.459 e. The highest BCUT2D eigenvalue weighted by Gasteiger charge is 2.41. The van der Waals surface area contributed by atoms with Gasteiger partial charge in [0.05, 0.1) is 24.0 Å². The van der Waals surface area contributed by atoms with Crippen LogP contribution in [0.15, 0.2) is 88.0 Å². The monoisotopic (exact) mass is 508 g/mol. The van der Waals surface area contributed by atoms with Crippen molar-refractivity contribution in [3.8, 4) is 11.3 Å². The lowest BCUT2D eigenvalue weighted by molar-refractivity contribution is 0.267. The summed E-state index contributed by atoms with van der Waals surface area (Å²) >= 11 is 9.13. The van der Waals surface area contributed by atoms with Crippen LogP contribution in [0.4, 0.5) is 4.39 Å². The van der Waals surface area contributed by atoms with Crippen molar-refractivity contribution < 1.29 is 8.81 Å². The van der Waals surface area contributed by atoms with E-state index in [1.807, 2.05) is 48.5 Å². The highest BCUT2D eigenvalue weighted by atomic mass is 79.9. The smallest absolute Gasteiger partial charge is 0.170 e. The van der Waals surface area contributed by atoms with Gasteiger partial charge in [-0.05, 0) is 82.7 Å². The van der Waals surface area contributed by atoms with Gasteiger partial charge >= 0.3 is 0 Å². The van der Waals surface area contributed by atoms with Crippen LogP contribution < -0.4 is 5.32 Å². The van der Waals surface area contributed by atoms with E-state index in [-0.39, 0.29) is 17.9 Å². The molecule has 160 valence electrons. The zero-order valence-electron chi connectivity index (χ0n) is 16.8. The van der Waals surface area contributed by atoms with Crippen LogP contribution in [-0.4, -0.2) is 20.0 Å². The van der Waals surface area contributed by atoms with Crippen LogP contribution in [0, 0.1) is 5.82 Å². The summed E-state index contributed by atoms with van der Waals surface area (Å²) in [6.07, 6.45) is 3.53. The molecule has 4 aromatic rings. The maximum absolute atomic E-state index is 13.6. The van der Waals surface area contributed by atoms with Gasteiger partial charge in [-0.2, -0.15) is 0 Å². The summed E-state index contributed by atoms with van der Waals surface area (Å²) in [6, 6.07) is 19.6. The highest BCUT2D eigenvalue weighted by Crippen LogP contribution is 2.41. The molecule has 4 heterocycles. The molecule has 0 unspecified atom stereocenters. The second kappa shape index (κ2) is 8.80. The minimum Gasteiger partial charge on any atom is -0.459 e. The fourth-order valence-corrected chi connectivity index (χ4v) is 4.75. The summed E-state index contributed by atoms with van der Waals surface area (Å²) in [7, 11) is 0. The Bertz CT molecular complexity index is 1250.